The highest BCUT2D eigenvalue weighted by molar-refractivity contribution is 5.81. The quantitative estimate of drug-likeness (QED) is 0.744. The maximum Gasteiger partial charge on any atom is 0.411 e. The van der Waals surface area contributed by atoms with Gasteiger partial charge >= 0.3 is 12.1 Å². The number of amides is 1. The predicted molar refractivity (Wildman–Crippen MR) is 61.5 cm³/mol. The largest absolute Gasteiger partial charge is 0.480 e. The molecule has 17 heavy (non-hydrogen) atoms. The Morgan fingerprint density at radius 3 is 2.47 bits per heavy atom. The molecule has 0 bridgehead atoms. The van der Waals surface area contributed by atoms with E-state index in [2.05, 4.69) is 0 Å². The zero-order chi connectivity index (χ0) is 13.2. The van der Waals surface area contributed by atoms with Crippen LogP contribution in [0.2, 0.25) is 0 Å². The number of hydrogen-bond acceptors (Lipinski definition) is 4. The lowest BCUT2D eigenvalue weighted by Gasteiger charge is -2.28. The number of nitrogens with two attached hydrogens (primary N) is 1. The van der Waals surface area contributed by atoms with Crippen molar-refractivity contribution in [3.63, 3.8) is 0 Å². The predicted octanol–water partition coefficient (Wildman–Crippen LogP) is 0.655. The van der Waals surface area contributed by atoms with Gasteiger partial charge in [-0.05, 0) is 33.7 Å². The molecule has 6 nitrogen and oxygen atoms in total. The Balaban J connectivity index is 2.76. The molecule has 1 aliphatic rings. The van der Waals surface area contributed by atoms with Gasteiger partial charge in [0.05, 0.1) is 0 Å². The number of likely N-dealkylation sites (tertiary alicyclic amines) is 1. The number of rotatable bonds is 2. The van der Waals surface area contributed by atoms with Crippen molar-refractivity contribution in [2.45, 2.75) is 38.8 Å². The summed E-state index contributed by atoms with van der Waals surface area (Å²) in [5.74, 6) is -1.22. The summed E-state index contributed by atoms with van der Waals surface area (Å²) in [4.78, 5) is 24.2. The van der Waals surface area contributed by atoms with Crippen molar-refractivity contribution in [2.75, 3.05) is 13.1 Å². The highest BCUT2D eigenvalue weighted by Gasteiger charge is 2.42. The average molecular weight is 244 g/mol. The molecule has 0 radical (unpaired) electrons. The summed E-state index contributed by atoms with van der Waals surface area (Å²) in [6.45, 7) is 5.88. The molecule has 1 aliphatic heterocycles. The normalized spacial score (nSPS) is 24.8. The number of hydrogen-bond donors (Lipinski definition) is 2. The van der Waals surface area contributed by atoms with Gasteiger partial charge in [0.25, 0.3) is 0 Å². The summed E-state index contributed by atoms with van der Waals surface area (Å²) < 4.78 is 5.18. The number of carboxylic acids is 1. The van der Waals surface area contributed by atoms with Crippen LogP contribution >= 0.6 is 0 Å². The maximum absolute atomic E-state index is 11.8. The number of carbonyl (C=O) groups is 2. The minimum absolute atomic E-state index is 0.194. The highest BCUT2D eigenvalue weighted by atomic mass is 16.6. The Morgan fingerprint density at radius 1 is 1.47 bits per heavy atom. The zero-order valence-corrected chi connectivity index (χ0v) is 10.5. The van der Waals surface area contributed by atoms with Crippen LogP contribution in [0.15, 0.2) is 0 Å². The Bertz CT molecular complexity index is 311. The Kier molecular flexibility index (Phi) is 3.98. The van der Waals surface area contributed by atoms with Gasteiger partial charge in [0.15, 0.2) is 0 Å². The van der Waals surface area contributed by atoms with Crippen LogP contribution in [0.1, 0.15) is 27.2 Å². The second kappa shape index (κ2) is 4.91. The molecule has 0 aromatic heterocycles. The molecule has 1 fully saturated rings. The number of nitrogens with zero attached hydrogens (tertiary/aromatic N) is 1. The lowest BCUT2D eigenvalue weighted by atomic mass is 10.0. The summed E-state index contributed by atoms with van der Waals surface area (Å²) in [7, 11) is 0. The first kappa shape index (κ1) is 13.8. The third-order valence-corrected chi connectivity index (χ3v) is 2.71. The van der Waals surface area contributed by atoms with Crippen LogP contribution in [0, 0.1) is 5.92 Å². The maximum atomic E-state index is 11.8. The van der Waals surface area contributed by atoms with E-state index in [1.54, 1.807) is 20.8 Å². The SMILES string of the molecule is CC(C)(C)OC(=O)N1CC[C@@H](CN)[C@@H]1C(=O)O. The van der Waals surface area contributed by atoms with Crippen molar-refractivity contribution in [3.05, 3.63) is 0 Å². The average Bonchev–Trinajstić information content (AvgIpc) is 2.57. The monoisotopic (exact) mass is 244 g/mol. The topological polar surface area (TPSA) is 92.9 Å². The first-order valence-corrected chi connectivity index (χ1v) is 5.68. The minimum Gasteiger partial charge on any atom is -0.480 e. The van der Waals surface area contributed by atoms with E-state index in [1.807, 2.05) is 0 Å². The molecule has 98 valence electrons. The Hall–Kier alpha value is -1.30. The fourth-order valence-corrected chi connectivity index (χ4v) is 1.96. The number of ether oxygens (including phenoxy) is 1. The number of carboxylic acid groups (broad SMARTS) is 1. The smallest absolute Gasteiger partial charge is 0.411 e. The van der Waals surface area contributed by atoms with Crippen LogP contribution in [0.5, 0.6) is 0 Å². The van der Waals surface area contributed by atoms with E-state index in [0.717, 1.165) is 0 Å². The number of carbonyl (C=O) groups excluding carboxylic acids is 1. The van der Waals surface area contributed by atoms with Gasteiger partial charge in [-0.25, -0.2) is 9.59 Å². The Morgan fingerprint density at radius 2 is 2.06 bits per heavy atom. The van der Waals surface area contributed by atoms with Gasteiger partial charge in [0.2, 0.25) is 0 Å². The van der Waals surface area contributed by atoms with Gasteiger partial charge in [0.1, 0.15) is 11.6 Å². The molecule has 0 aliphatic carbocycles. The molecule has 1 heterocycles. The van der Waals surface area contributed by atoms with Gasteiger partial charge in [-0.1, -0.05) is 0 Å². The van der Waals surface area contributed by atoms with Gasteiger partial charge < -0.3 is 15.6 Å². The third kappa shape index (κ3) is 3.33. The van der Waals surface area contributed by atoms with E-state index >= 15 is 0 Å². The van der Waals surface area contributed by atoms with Crippen molar-refractivity contribution >= 4 is 12.1 Å². The summed E-state index contributed by atoms with van der Waals surface area (Å²) in [6, 6.07) is -0.866. The minimum atomic E-state index is -1.02. The van der Waals surface area contributed by atoms with E-state index in [4.69, 9.17) is 15.6 Å². The van der Waals surface area contributed by atoms with E-state index in [-0.39, 0.29) is 12.5 Å². The fourth-order valence-electron chi connectivity index (χ4n) is 1.96. The standard InChI is InChI=1S/C11H20N2O4/c1-11(2,3)17-10(16)13-5-4-7(6-12)8(13)9(14)15/h7-8H,4-6,12H2,1-3H3,(H,14,15)/t7-,8+/m0/s1. The van der Waals surface area contributed by atoms with E-state index in [9.17, 15) is 9.59 Å². The van der Waals surface area contributed by atoms with Crippen molar-refractivity contribution in [1.82, 2.24) is 4.90 Å². The van der Waals surface area contributed by atoms with Crippen LogP contribution in [0.25, 0.3) is 0 Å². The van der Waals surface area contributed by atoms with E-state index in [0.29, 0.717) is 13.0 Å². The lowest BCUT2D eigenvalue weighted by molar-refractivity contribution is -0.143. The first-order valence-electron chi connectivity index (χ1n) is 5.68. The molecular weight excluding hydrogens is 224 g/mol. The van der Waals surface area contributed by atoms with Crippen LogP contribution in [0.3, 0.4) is 0 Å². The second-order valence-electron chi connectivity index (χ2n) is 5.24. The summed E-state index contributed by atoms with van der Waals surface area (Å²) in [5.41, 5.74) is 4.89. The molecule has 3 N–H and O–H groups in total. The molecule has 1 rings (SSSR count). The molecule has 0 aromatic carbocycles. The molecule has 0 spiro atoms. The van der Waals surface area contributed by atoms with Crippen molar-refractivity contribution in [3.8, 4) is 0 Å². The summed E-state index contributed by atoms with van der Waals surface area (Å²) >= 11 is 0. The zero-order valence-electron chi connectivity index (χ0n) is 10.5. The molecule has 0 aromatic rings. The molecular formula is C11H20N2O4. The third-order valence-electron chi connectivity index (χ3n) is 2.71. The highest BCUT2D eigenvalue weighted by Crippen LogP contribution is 2.25. The van der Waals surface area contributed by atoms with Gasteiger partial charge in [0, 0.05) is 12.5 Å². The van der Waals surface area contributed by atoms with Crippen LogP contribution in [-0.4, -0.2) is 46.8 Å². The second-order valence-corrected chi connectivity index (χ2v) is 5.24. The molecule has 1 saturated heterocycles. The van der Waals surface area contributed by atoms with E-state index in [1.165, 1.54) is 4.90 Å². The van der Waals surface area contributed by atoms with Crippen LogP contribution < -0.4 is 5.73 Å². The van der Waals surface area contributed by atoms with Gasteiger partial charge in [-0.15, -0.1) is 0 Å². The lowest BCUT2D eigenvalue weighted by Crippen LogP contribution is -2.46. The van der Waals surface area contributed by atoms with E-state index < -0.39 is 23.7 Å². The molecule has 2 atom stereocenters. The summed E-state index contributed by atoms with van der Waals surface area (Å²) in [5, 5.41) is 9.13. The van der Waals surface area contributed by atoms with Crippen molar-refractivity contribution in [2.24, 2.45) is 11.7 Å². The first-order chi connectivity index (χ1) is 7.76. The van der Waals surface area contributed by atoms with Crippen molar-refractivity contribution < 1.29 is 19.4 Å². The molecule has 0 saturated carbocycles. The summed E-state index contributed by atoms with van der Waals surface area (Å²) in [6.07, 6.45) is 0.0213. The van der Waals surface area contributed by atoms with Crippen LogP contribution in [0.4, 0.5) is 4.79 Å². The molecule has 1 amide bonds. The molecule has 6 heteroatoms. The number of aliphatic carboxylic acids is 1. The van der Waals surface area contributed by atoms with Gasteiger partial charge in [-0.3, -0.25) is 4.90 Å². The fraction of sp³-hybridized carbons (Fsp3) is 0.818. The van der Waals surface area contributed by atoms with Crippen molar-refractivity contribution in [1.29, 1.82) is 0 Å². The molecule has 0 unspecified atom stereocenters. The van der Waals surface area contributed by atoms with Gasteiger partial charge in [-0.2, -0.15) is 0 Å². The Labute approximate surface area is 101 Å². The van der Waals surface area contributed by atoms with Crippen LogP contribution in [-0.2, 0) is 9.53 Å².